The van der Waals surface area contributed by atoms with Crippen LogP contribution in [-0.2, 0) is 36.8 Å². The number of aromatic amines is 1. The Labute approximate surface area is 218 Å². The molecular formula is C18H28N2O17P2. The maximum Gasteiger partial charge on any atom is 0.483 e. The van der Waals surface area contributed by atoms with Gasteiger partial charge in [0, 0.05) is 24.6 Å². The molecular weight excluding hydrogens is 578 g/mol. The lowest BCUT2D eigenvalue weighted by Crippen LogP contribution is -2.56. The van der Waals surface area contributed by atoms with Crippen LogP contribution in [-0.4, -0.2) is 107 Å². The van der Waals surface area contributed by atoms with Gasteiger partial charge in [-0.3, -0.25) is 23.4 Å². The summed E-state index contributed by atoms with van der Waals surface area (Å²) < 4.78 is 49.4. The summed E-state index contributed by atoms with van der Waals surface area (Å²) >= 11 is 0. The van der Waals surface area contributed by atoms with E-state index in [4.69, 9.17) is 14.0 Å². The summed E-state index contributed by atoms with van der Waals surface area (Å²) in [7, 11) is -11.1. The van der Waals surface area contributed by atoms with Gasteiger partial charge < -0.3 is 49.6 Å². The number of aliphatic hydroxyl groups is 5. The van der Waals surface area contributed by atoms with E-state index in [0.717, 1.165) is 23.8 Å². The molecule has 11 atom stereocenters. The molecule has 8 N–H and O–H groups in total. The van der Waals surface area contributed by atoms with Crippen LogP contribution in [0.25, 0.3) is 0 Å². The number of rotatable bonds is 11. The van der Waals surface area contributed by atoms with Gasteiger partial charge in [-0.1, -0.05) is 0 Å². The highest BCUT2D eigenvalue weighted by atomic mass is 31.3. The lowest BCUT2D eigenvalue weighted by atomic mass is 9.87. The monoisotopic (exact) mass is 606 g/mol. The quantitative estimate of drug-likeness (QED) is 0.113. The Morgan fingerprint density at radius 1 is 1.03 bits per heavy atom. The van der Waals surface area contributed by atoms with E-state index in [2.05, 4.69) is 8.83 Å². The fourth-order valence-electron chi connectivity index (χ4n) is 3.99. The third-order valence-corrected chi connectivity index (χ3v) is 8.44. The van der Waals surface area contributed by atoms with Crippen molar-refractivity contribution >= 4 is 21.4 Å². The summed E-state index contributed by atoms with van der Waals surface area (Å²) in [6.07, 6.45) is -13.2. The zero-order valence-electron chi connectivity index (χ0n) is 20.0. The molecule has 2 saturated heterocycles. The number of aliphatic hydroxyl groups excluding tert-OH is 5. The van der Waals surface area contributed by atoms with Crippen LogP contribution >= 0.6 is 15.6 Å². The van der Waals surface area contributed by atoms with Gasteiger partial charge in [-0.25, -0.2) is 13.9 Å². The number of ether oxygens (including phenoxy) is 2. The molecule has 2 aliphatic heterocycles. The molecule has 3 heterocycles. The summed E-state index contributed by atoms with van der Waals surface area (Å²) in [6, 6.07) is 0.932. The molecule has 9 unspecified atom stereocenters. The van der Waals surface area contributed by atoms with Crippen LogP contribution in [0.15, 0.2) is 21.9 Å². The summed E-state index contributed by atoms with van der Waals surface area (Å²) in [4.78, 5) is 56.6. The second kappa shape index (κ2) is 12.5. The van der Waals surface area contributed by atoms with E-state index in [0.29, 0.717) is 0 Å². The molecule has 0 bridgehead atoms. The molecule has 2 aliphatic rings. The van der Waals surface area contributed by atoms with Gasteiger partial charge in [0.05, 0.1) is 19.3 Å². The number of phosphoric acid groups is 2. The SMILES string of the molecule is CC(=O)CC1C(OP(=O)(O)OP(=O)(O)OC[C@H]2O[C@@H](n3ccc(=O)[nH]c3=O)C(O)C2O)OC(CO)C(O)C1O. The van der Waals surface area contributed by atoms with Crippen LogP contribution < -0.4 is 11.2 Å². The summed E-state index contributed by atoms with van der Waals surface area (Å²) in [5, 5.41) is 50.0. The molecule has 1 aromatic heterocycles. The number of aromatic nitrogens is 2. The Balaban J connectivity index is 1.66. The predicted octanol–water partition coefficient (Wildman–Crippen LogP) is -3.56. The van der Waals surface area contributed by atoms with E-state index in [9.17, 15) is 58.8 Å². The molecule has 3 rings (SSSR count). The Kier molecular flexibility index (Phi) is 10.2. The molecule has 0 spiro atoms. The smallest absolute Gasteiger partial charge is 0.394 e. The molecule has 21 heteroatoms. The Morgan fingerprint density at radius 3 is 2.26 bits per heavy atom. The summed E-state index contributed by atoms with van der Waals surface area (Å²) in [5.74, 6) is -1.99. The third-order valence-electron chi connectivity index (χ3n) is 5.84. The number of carbonyl (C=O) groups excluding carboxylic acids is 1. The number of hydrogen-bond donors (Lipinski definition) is 8. The normalized spacial score (nSPS) is 36.3. The second-order valence-electron chi connectivity index (χ2n) is 8.76. The van der Waals surface area contributed by atoms with Gasteiger partial charge in [0.2, 0.25) is 0 Å². The van der Waals surface area contributed by atoms with Crippen LogP contribution in [0.2, 0.25) is 0 Å². The Morgan fingerprint density at radius 2 is 1.67 bits per heavy atom. The van der Waals surface area contributed by atoms with E-state index in [1.807, 2.05) is 4.98 Å². The molecule has 1 aromatic rings. The largest absolute Gasteiger partial charge is 0.483 e. The molecule has 39 heavy (non-hydrogen) atoms. The zero-order valence-corrected chi connectivity index (χ0v) is 21.8. The number of H-pyrrole nitrogens is 1. The minimum atomic E-state index is -5.59. The Bertz CT molecular complexity index is 1240. The lowest BCUT2D eigenvalue weighted by molar-refractivity contribution is -0.263. The molecule has 0 radical (unpaired) electrons. The van der Waals surface area contributed by atoms with Crippen molar-refractivity contribution in [3.8, 4) is 0 Å². The molecule has 222 valence electrons. The van der Waals surface area contributed by atoms with E-state index in [-0.39, 0.29) is 0 Å². The van der Waals surface area contributed by atoms with Crippen LogP contribution in [0, 0.1) is 5.92 Å². The minimum Gasteiger partial charge on any atom is -0.394 e. The van der Waals surface area contributed by atoms with Crippen molar-refractivity contribution in [2.45, 2.75) is 62.5 Å². The standard InChI is InChI=1S/C18H28N2O17P2/c1-7(22)4-8-12(24)13(25)9(5-21)35-17(8)36-39(31,32)37-38(29,30)33-6-10-14(26)15(27)16(34-10)20-3-2-11(23)19-18(20)28/h2-3,8-10,12-17,21,24-27H,4-6H2,1H3,(H,29,30)(H,31,32)(H,19,23,28)/t8?,9?,10-,12?,13?,14?,15?,16-,17?/m1/s1. The van der Waals surface area contributed by atoms with E-state index >= 15 is 0 Å². The van der Waals surface area contributed by atoms with Crippen molar-refractivity contribution in [2.24, 2.45) is 5.92 Å². The highest BCUT2D eigenvalue weighted by molar-refractivity contribution is 7.61. The number of carbonyl (C=O) groups is 1. The van der Waals surface area contributed by atoms with Crippen molar-refractivity contribution in [2.75, 3.05) is 13.2 Å². The van der Waals surface area contributed by atoms with Gasteiger partial charge in [-0.15, -0.1) is 0 Å². The number of hydrogen-bond acceptors (Lipinski definition) is 15. The summed E-state index contributed by atoms with van der Waals surface area (Å²) in [6.45, 7) is -0.788. The summed E-state index contributed by atoms with van der Waals surface area (Å²) in [5.41, 5.74) is -1.74. The first-order chi connectivity index (χ1) is 18.0. The topological polar surface area (TPSA) is 294 Å². The highest BCUT2D eigenvalue weighted by Gasteiger charge is 2.50. The number of ketones is 1. The fourth-order valence-corrected chi connectivity index (χ4v) is 6.18. The van der Waals surface area contributed by atoms with Crippen molar-refractivity contribution in [1.29, 1.82) is 0 Å². The van der Waals surface area contributed by atoms with Crippen molar-refractivity contribution in [3.63, 3.8) is 0 Å². The van der Waals surface area contributed by atoms with Gasteiger partial charge in [0.15, 0.2) is 12.5 Å². The van der Waals surface area contributed by atoms with Crippen molar-refractivity contribution in [3.05, 3.63) is 33.1 Å². The maximum absolute atomic E-state index is 12.5. The van der Waals surface area contributed by atoms with Gasteiger partial charge >= 0.3 is 21.3 Å². The first-order valence-corrected chi connectivity index (χ1v) is 14.2. The highest BCUT2D eigenvalue weighted by Crippen LogP contribution is 2.62. The van der Waals surface area contributed by atoms with Gasteiger partial charge in [-0.2, -0.15) is 4.31 Å². The number of phosphoric ester groups is 2. The Hall–Kier alpha value is -1.67. The molecule has 19 nitrogen and oxygen atoms in total. The maximum atomic E-state index is 12.5. The molecule has 0 saturated carbocycles. The van der Waals surface area contributed by atoms with E-state index in [1.165, 1.54) is 0 Å². The van der Waals surface area contributed by atoms with E-state index in [1.54, 1.807) is 0 Å². The first-order valence-electron chi connectivity index (χ1n) is 11.2. The number of nitrogens with zero attached hydrogens (tertiary/aromatic N) is 1. The average molecular weight is 606 g/mol. The average Bonchev–Trinajstić information content (AvgIpc) is 3.10. The first kappa shape index (κ1) is 31.9. The second-order valence-corrected chi connectivity index (χ2v) is 11.8. The van der Waals surface area contributed by atoms with Gasteiger partial charge in [0.25, 0.3) is 5.56 Å². The molecule has 0 aliphatic carbocycles. The van der Waals surface area contributed by atoms with Crippen LogP contribution in [0.3, 0.4) is 0 Å². The number of Topliss-reactive ketones (excluding diaryl/α,β-unsaturated/α-hetero) is 1. The predicted molar refractivity (Wildman–Crippen MR) is 122 cm³/mol. The van der Waals surface area contributed by atoms with Crippen molar-refractivity contribution in [1.82, 2.24) is 9.55 Å². The van der Waals surface area contributed by atoms with Gasteiger partial charge in [0.1, 0.15) is 36.3 Å². The van der Waals surface area contributed by atoms with Crippen molar-refractivity contribution < 1.29 is 72.1 Å². The molecule has 2 fully saturated rings. The van der Waals surface area contributed by atoms with E-state index < -0.39 is 107 Å². The van der Waals surface area contributed by atoms with Crippen LogP contribution in [0.5, 0.6) is 0 Å². The van der Waals surface area contributed by atoms with Crippen LogP contribution in [0.4, 0.5) is 0 Å². The number of nitrogens with one attached hydrogen (secondary N) is 1. The minimum absolute atomic E-state index is 0.521. The lowest BCUT2D eigenvalue weighted by Gasteiger charge is -2.41. The van der Waals surface area contributed by atoms with Gasteiger partial charge in [-0.05, 0) is 6.92 Å². The fraction of sp³-hybridized carbons (Fsp3) is 0.722. The molecule has 0 amide bonds. The van der Waals surface area contributed by atoms with Crippen LogP contribution in [0.1, 0.15) is 19.6 Å². The zero-order chi connectivity index (χ0) is 29.3. The molecule has 0 aromatic carbocycles. The third kappa shape index (κ3) is 7.75.